The van der Waals surface area contributed by atoms with E-state index in [-0.39, 0.29) is 18.1 Å². The molecule has 1 aliphatic rings. The van der Waals surface area contributed by atoms with Crippen molar-refractivity contribution < 1.29 is 19.1 Å². The van der Waals surface area contributed by atoms with Crippen LogP contribution >= 0.6 is 0 Å². The van der Waals surface area contributed by atoms with Crippen molar-refractivity contribution in [3.8, 4) is 0 Å². The number of amides is 2. The topological polar surface area (TPSA) is 55.8 Å². The normalized spacial score (nSPS) is 25.1. The molecule has 0 aromatic heterocycles. The fourth-order valence-electron chi connectivity index (χ4n) is 1.83. The molecule has 0 radical (unpaired) electrons. The molecule has 2 atom stereocenters. The molecule has 0 saturated carbocycles. The van der Waals surface area contributed by atoms with Gasteiger partial charge in [-0.15, -0.1) is 0 Å². The number of imide groups is 1. The van der Waals surface area contributed by atoms with Crippen LogP contribution in [0.1, 0.15) is 41.5 Å². The van der Waals surface area contributed by atoms with Gasteiger partial charge in [-0.05, 0) is 33.6 Å². The summed E-state index contributed by atoms with van der Waals surface area (Å²) in [5.41, 5.74) is -0.618. The van der Waals surface area contributed by atoms with E-state index in [1.165, 1.54) is 0 Å². The molecule has 2 amide bonds. The average Bonchev–Trinajstić information content (AvgIpc) is 2.38. The number of carbonyl (C=O) groups excluding carboxylic acids is 2. The number of hydrogen-bond donors (Lipinski definition) is 0. The van der Waals surface area contributed by atoms with E-state index in [1.54, 1.807) is 27.7 Å². The van der Waals surface area contributed by atoms with Crippen molar-refractivity contribution in [3.05, 3.63) is 0 Å². The van der Waals surface area contributed by atoms with E-state index in [1.807, 2.05) is 13.8 Å². The number of rotatable bonds is 1. The summed E-state index contributed by atoms with van der Waals surface area (Å²) in [6, 6.07) is -0.294. The molecule has 1 rings (SSSR count). The number of nitrogens with zero attached hydrogens (tertiary/aromatic N) is 1. The van der Waals surface area contributed by atoms with Crippen molar-refractivity contribution in [1.29, 1.82) is 0 Å². The molecule has 17 heavy (non-hydrogen) atoms. The second-order valence-electron chi connectivity index (χ2n) is 5.68. The van der Waals surface area contributed by atoms with E-state index >= 15 is 0 Å². The van der Waals surface area contributed by atoms with Gasteiger partial charge in [-0.3, -0.25) is 0 Å². The van der Waals surface area contributed by atoms with Crippen LogP contribution in [0.3, 0.4) is 0 Å². The Kier molecular flexibility index (Phi) is 3.69. The molecule has 98 valence electrons. The Labute approximate surface area is 102 Å². The van der Waals surface area contributed by atoms with Gasteiger partial charge < -0.3 is 9.47 Å². The van der Waals surface area contributed by atoms with Crippen molar-refractivity contribution >= 4 is 12.2 Å². The number of ether oxygens (including phenoxy) is 2. The molecule has 1 aliphatic heterocycles. The summed E-state index contributed by atoms with van der Waals surface area (Å²) in [6.07, 6.45) is -1.53. The van der Waals surface area contributed by atoms with Crippen LogP contribution in [0.15, 0.2) is 0 Å². The highest BCUT2D eigenvalue weighted by molar-refractivity contribution is 5.90. The van der Waals surface area contributed by atoms with Gasteiger partial charge in [0, 0.05) is 0 Å². The Hall–Kier alpha value is -1.26. The van der Waals surface area contributed by atoms with Crippen LogP contribution in [0.5, 0.6) is 0 Å². The lowest BCUT2D eigenvalue weighted by molar-refractivity contribution is 0.0294. The van der Waals surface area contributed by atoms with Crippen LogP contribution in [0.4, 0.5) is 9.59 Å². The molecule has 0 aromatic carbocycles. The fraction of sp³-hybridized carbons (Fsp3) is 0.833. The molecular formula is C12H21NO4. The molecule has 0 N–H and O–H groups in total. The molecule has 5 nitrogen and oxygen atoms in total. The summed E-state index contributed by atoms with van der Waals surface area (Å²) >= 11 is 0. The maximum atomic E-state index is 11.9. The van der Waals surface area contributed by atoms with E-state index < -0.39 is 17.8 Å². The third-order valence-corrected chi connectivity index (χ3v) is 2.56. The van der Waals surface area contributed by atoms with Crippen molar-refractivity contribution in [3.63, 3.8) is 0 Å². The monoisotopic (exact) mass is 243 g/mol. The van der Waals surface area contributed by atoms with Crippen molar-refractivity contribution in [1.82, 2.24) is 4.90 Å². The van der Waals surface area contributed by atoms with Crippen molar-refractivity contribution in [2.45, 2.75) is 59.3 Å². The Morgan fingerprint density at radius 2 is 1.94 bits per heavy atom. The lowest BCUT2D eigenvalue weighted by atomic mass is 10.0. The summed E-state index contributed by atoms with van der Waals surface area (Å²) in [7, 11) is 0. The van der Waals surface area contributed by atoms with Gasteiger partial charge in [-0.1, -0.05) is 13.8 Å². The first-order valence-corrected chi connectivity index (χ1v) is 5.86. The number of hydrogen-bond acceptors (Lipinski definition) is 4. The molecule has 1 fully saturated rings. The first kappa shape index (κ1) is 13.8. The molecule has 0 unspecified atom stereocenters. The highest BCUT2D eigenvalue weighted by Crippen LogP contribution is 2.26. The first-order chi connectivity index (χ1) is 7.63. The standard InChI is InChI=1S/C12H21NO4/c1-7(2)9-8(3)13(10(14)16-9)11(15)17-12(4,5)6/h7-9H,1-6H3/t8-,9+/m1/s1. The minimum Gasteiger partial charge on any atom is -0.443 e. The molecule has 0 aromatic rings. The van der Waals surface area contributed by atoms with Crippen LogP contribution in [-0.4, -0.2) is 34.8 Å². The van der Waals surface area contributed by atoms with Gasteiger partial charge in [0.25, 0.3) is 0 Å². The molecule has 0 aliphatic carbocycles. The van der Waals surface area contributed by atoms with E-state index in [0.717, 1.165) is 4.90 Å². The van der Waals surface area contributed by atoms with Crippen LogP contribution in [0, 0.1) is 5.92 Å². The number of cyclic esters (lactones) is 1. The number of carbonyl (C=O) groups is 2. The zero-order chi connectivity index (χ0) is 13.4. The summed E-state index contributed by atoms with van der Waals surface area (Å²) < 4.78 is 10.3. The average molecular weight is 243 g/mol. The van der Waals surface area contributed by atoms with Crippen molar-refractivity contribution in [2.24, 2.45) is 5.92 Å². The quantitative estimate of drug-likeness (QED) is 0.710. The Balaban J connectivity index is 2.78. The molecule has 1 saturated heterocycles. The predicted molar refractivity (Wildman–Crippen MR) is 62.6 cm³/mol. The zero-order valence-electron chi connectivity index (χ0n) is 11.3. The van der Waals surface area contributed by atoms with Gasteiger partial charge in [-0.25, -0.2) is 14.5 Å². The first-order valence-electron chi connectivity index (χ1n) is 5.86. The van der Waals surface area contributed by atoms with E-state index in [9.17, 15) is 9.59 Å². The maximum Gasteiger partial charge on any atom is 0.420 e. The van der Waals surface area contributed by atoms with Crippen LogP contribution in [0.2, 0.25) is 0 Å². The Bertz CT molecular complexity index is 319. The van der Waals surface area contributed by atoms with Gasteiger partial charge in [0.05, 0.1) is 6.04 Å². The van der Waals surface area contributed by atoms with Crippen LogP contribution < -0.4 is 0 Å². The lowest BCUT2D eigenvalue weighted by Gasteiger charge is -2.25. The van der Waals surface area contributed by atoms with Gasteiger partial charge >= 0.3 is 12.2 Å². The zero-order valence-corrected chi connectivity index (χ0v) is 11.3. The molecule has 5 heteroatoms. The van der Waals surface area contributed by atoms with Crippen molar-refractivity contribution in [2.75, 3.05) is 0 Å². The van der Waals surface area contributed by atoms with Crippen LogP contribution in [-0.2, 0) is 9.47 Å². The smallest absolute Gasteiger partial charge is 0.420 e. The highest BCUT2D eigenvalue weighted by atomic mass is 16.6. The molecule has 1 heterocycles. The van der Waals surface area contributed by atoms with E-state index in [2.05, 4.69) is 0 Å². The maximum absolute atomic E-state index is 11.9. The van der Waals surface area contributed by atoms with Gasteiger partial charge in [-0.2, -0.15) is 0 Å². The molecule has 0 bridgehead atoms. The predicted octanol–water partition coefficient (Wildman–Crippen LogP) is 2.79. The van der Waals surface area contributed by atoms with Crippen LogP contribution in [0.25, 0.3) is 0 Å². The van der Waals surface area contributed by atoms with E-state index in [0.29, 0.717) is 0 Å². The summed E-state index contributed by atoms with van der Waals surface area (Å²) in [6.45, 7) is 11.0. The molecular weight excluding hydrogens is 222 g/mol. The third-order valence-electron chi connectivity index (χ3n) is 2.56. The van der Waals surface area contributed by atoms with Gasteiger partial charge in [0.2, 0.25) is 0 Å². The third kappa shape index (κ3) is 3.11. The second-order valence-corrected chi connectivity index (χ2v) is 5.68. The SMILES string of the molecule is CC(C)[C@@H]1OC(=O)N(C(=O)OC(C)(C)C)[C@@H]1C. The lowest BCUT2D eigenvalue weighted by Crippen LogP contribution is -2.43. The van der Waals surface area contributed by atoms with Gasteiger partial charge in [0.1, 0.15) is 11.7 Å². The van der Waals surface area contributed by atoms with Gasteiger partial charge in [0.15, 0.2) is 0 Å². The Morgan fingerprint density at radius 3 is 2.29 bits per heavy atom. The highest BCUT2D eigenvalue weighted by Gasteiger charge is 2.45. The fourth-order valence-corrected chi connectivity index (χ4v) is 1.83. The minimum absolute atomic E-state index is 0.168. The molecule has 0 spiro atoms. The largest absolute Gasteiger partial charge is 0.443 e. The van der Waals surface area contributed by atoms with E-state index in [4.69, 9.17) is 9.47 Å². The minimum atomic E-state index is -0.641. The summed E-state index contributed by atoms with van der Waals surface area (Å²) in [5, 5.41) is 0. The summed E-state index contributed by atoms with van der Waals surface area (Å²) in [5.74, 6) is 0.168. The summed E-state index contributed by atoms with van der Waals surface area (Å²) in [4.78, 5) is 24.5. The second kappa shape index (κ2) is 4.55. The Morgan fingerprint density at radius 1 is 1.41 bits per heavy atom.